The lowest BCUT2D eigenvalue weighted by atomic mass is 9.82. The normalized spacial score (nSPS) is 29.4. The van der Waals surface area contributed by atoms with Crippen LogP contribution in [0.2, 0.25) is 0 Å². The molecule has 6 heteroatoms. The fourth-order valence-corrected chi connectivity index (χ4v) is 4.82. The van der Waals surface area contributed by atoms with Crippen LogP contribution in [-0.2, 0) is 4.79 Å². The number of hydrogen-bond donors (Lipinski definition) is 0. The van der Waals surface area contributed by atoms with Gasteiger partial charge in [-0.05, 0) is 68.7 Å². The van der Waals surface area contributed by atoms with Gasteiger partial charge in [-0.2, -0.15) is 10.2 Å². The van der Waals surface area contributed by atoms with Gasteiger partial charge >= 0.3 is 0 Å². The molecule has 1 amide bonds. The van der Waals surface area contributed by atoms with Gasteiger partial charge in [0.2, 0.25) is 5.91 Å². The smallest absolute Gasteiger partial charge is 0.230 e. The van der Waals surface area contributed by atoms with Crippen LogP contribution in [0.25, 0.3) is 5.70 Å². The average Bonchev–Trinajstić information content (AvgIpc) is 3.36. The molecule has 3 aliphatic rings. The third-order valence-electron chi connectivity index (χ3n) is 6.49. The third-order valence-corrected chi connectivity index (χ3v) is 6.49. The van der Waals surface area contributed by atoms with E-state index in [1.54, 1.807) is 6.08 Å². The molecule has 1 aromatic carbocycles. The Kier molecular flexibility index (Phi) is 7.39. The Bertz CT molecular complexity index is 875. The molecule has 1 saturated heterocycles. The van der Waals surface area contributed by atoms with Gasteiger partial charge in [-0.15, -0.1) is 0 Å². The first-order valence-corrected chi connectivity index (χ1v) is 11.4. The highest BCUT2D eigenvalue weighted by Gasteiger charge is 2.49. The molecule has 31 heavy (non-hydrogen) atoms. The van der Waals surface area contributed by atoms with Crippen LogP contribution in [0.3, 0.4) is 0 Å². The number of benzene rings is 1. The van der Waals surface area contributed by atoms with E-state index in [0.717, 1.165) is 37.8 Å². The van der Waals surface area contributed by atoms with Gasteiger partial charge in [0.15, 0.2) is 0 Å². The molecule has 1 aromatic rings. The van der Waals surface area contributed by atoms with Crippen molar-refractivity contribution < 1.29 is 13.6 Å². The second-order valence-electron chi connectivity index (χ2n) is 9.02. The van der Waals surface area contributed by atoms with Crippen molar-refractivity contribution in [2.24, 2.45) is 21.6 Å². The first kappa shape index (κ1) is 23.3. The van der Waals surface area contributed by atoms with Gasteiger partial charge in [-0.25, -0.2) is 8.78 Å². The number of amides is 1. The zero-order chi connectivity index (χ0) is 22.6. The Morgan fingerprint density at radius 3 is 2.55 bits per heavy atom. The molecule has 0 spiro atoms. The number of hydrogen-bond acceptors (Lipinski definition) is 3. The minimum Gasteiger partial charge on any atom is -0.339 e. The standard InChI is InChI=1S/C22H25F2N3O.C3H8/c1-14-11-19(20-17(23)6-3-7-18(20)24)26-25-13-22(9-8-16(14)12-22)21(28)27-10-4-5-15(27)2;1-3-2/h3,6-7,11,15-16H,1,4-5,8-10,12-13H2,2H3;3H2,1-2H3/b19-11-,26-25?;/t15?,16-,22-;/m0./s1. The maximum Gasteiger partial charge on any atom is 0.230 e. The lowest BCUT2D eigenvalue weighted by molar-refractivity contribution is -0.142. The van der Waals surface area contributed by atoms with Crippen molar-refractivity contribution in [3.8, 4) is 0 Å². The number of halogens is 2. The van der Waals surface area contributed by atoms with Gasteiger partial charge < -0.3 is 4.90 Å². The summed E-state index contributed by atoms with van der Waals surface area (Å²) in [6.45, 7) is 11.5. The van der Waals surface area contributed by atoms with Crippen molar-refractivity contribution in [3.63, 3.8) is 0 Å². The zero-order valence-electron chi connectivity index (χ0n) is 18.8. The highest BCUT2D eigenvalue weighted by molar-refractivity contribution is 5.84. The molecule has 2 heterocycles. The Morgan fingerprint density at radius 1 is 1.26 bits per heavy atom. The second kappa shape index (κ2) is 9.84. The van der Waals surface area contributed by atoms with Gasteiger partial charge in [-0.1, -0.05) is 32.9 Å². The highest BCUT2D eigenvalue weighted by Crippen LogP contribution is 2.48. The second-order valence-corrected chi connectivity index (χ2v) is 9.02. The zero-order valence-corrected chi connectivity index (χ0v) is 18.8. The third kappa shape index (κ3) is 4.78. The van der Waals surface area contributed by atoms with Crippen LogP contribution in [0.15, 0.2) is 46.7 Å². The molecule has 4 rings (SSSR count). The molecule has 1 saturated carbocycles. The predicted molar refractivity (Wildman–Crippen MR) is 119 cm³/mol. The van der Waals surface area contributed by atoms with Crippen LogP contribution in [0.4, 0.5) is 8.78 Å². The minimum absolute atomic E-state index is 0.0928. The first-order chi connectivity index (χ1) is 14.8. The van der Waals surface area contributed by atoms with Crippen molar-refractivity contribution >= 4 is 11.6 Å². The van der Waals surface area contributed by atoms with Crippen LogP contribution in [0, 0.1) is 23.0 Å². The van der Waals surface area contributed by atoms with Crippen LogP contribution in [-0.4, -0.2) is 29.9 Å². The van der Waals surface area contributed by atoms with Crippen LogP contribution in [0.1, 0.15) is 64.9 Å². The maximum atomic E-state index is 14.3. The van der Waals surface area contributed by atoms with Crippen LogP contribution in [0.5, 0.6) is 0 Å². The van der Waals surface area contributed by atoms with E-state index in [2.05, 4.69) is 37.6 Å². The largest absolute Gasteiger partial charge is 0.339 e. The summed E-state index contributed by atoms with van der Waals surface area (Å²) in [5.74, 6) is -1.12. The van der Waals surface area contributed by atoms with Gasteiger partial charge in [0.1, 0.15) is 11.6 Å². The Hall–Kier alpha value is -2.37. The summed E-state index contributed by atoms with van der Waals surface area (Å²) in [6, 6.07) is 3.98. The summed E-state index contributed by atoms with van der Waals surface area (Å²) in [5, 5.41) is 8.42. The van der Waals surface area contributed by atoms with E-state index in [9.17, 15) is 13.6 Å². The lowest BCUT2D eigenvalue weighted by Crippen LogP contribution is -2.46. The summed E-state index contributed by atoms with van der Waals surface area (Å²) in [6.07, 6.45) is 7.16. The number of rotatable bonds is 2. The SMILES string of the molecule is C=C1/C=C(/c2c(F)cccc2F)N=NC[C@]2(C(=O)N3CCCC3C)CC[C@H]1C2.CCC. The van der Waals surface area contributed by atoms with Crippen molar-refractivity contribution in [2.75, 3.05) is 13.1 Å². The summed E-state index contributed by atoms with van der Waals surface area (Å²) in [5.41, 5.74) is 0.0962. The molecule has 3 atom stereocenters. The molecule has 0 N–H and O–H groups in total. The summed E-state index contributed by atoms with van der Waals surface area (Å²) in [7, 11) is 0. The molecule has 4 nitrogen and oxygen atoms in total. The fourth-order valence-electron chi connectivity index (χ4n) is 4.82. The Balaban J connectivity index is 0.000000858. The minimum atomic E-state index is -0.681. The summed E-state index contributed by atoms with van der Waals surface area (Å²) >= 11 is 0. The van der Waals surface area contributed by atoms with E-state index in [4.69, 9.17) is 0 Å². The fraction of sp³-hybridized carbons (Fsp3) is 0.560. The van der Waals surface area contributed by atoms with Crippen molar-refractivity contribution in [3.05, 3.63) is 53.6 Å². The Morgan fingerprint density at radius 2 is 1.94 bits per heavy atom. The number of nitrogens with zero attached hydrogens (tertiary/aromatic N) is 3. The molecule has 1 aliphatic carbocycles. The van der Waals surface area contributed by atoms with E-state index < -0.39 is 17.0 Å². The van der Waals surface area contributed by atoms with E-state index in [0.29, 0.717) is 6.42 Å². The monoisotopic (exact) mass is 429 g/mol. The first-order valence-electron chi connectivity index (χ1n) is 11.4. The molecule has 2 bridgehead atoms. The number of allylic oxidation sites excluding steroid dienone is 2. The van der Waals surface area contributed by atoms with Gasteiger partial charge in [-0.3, -0.25) is 4.79 Å². The van der Waals surface area contributed by atoms with E-state index >= 15 is 0 Å². The summed E-state index contributed by atoms with van der Waals surface area (Å²) < 4.78 is 28.5. The van der Waals surface area contributed by atoms with E-state index in [-0.39, 0.29) is 35.7 Å². The van der Waals surface area contributed by atoms with Gasteiger partial charge in [0.25, 0.3) is 0 Å². The van der Waals surface area contributed by atoms with Gasteiger partial charge in [0, 0.05) is 12.6 Å². The quantitative estimate of drug-likeness (QED) is 0.526. The van der Waals surface area contributed by atoms with Gasteiger partial charge in [0.05, 0.1) is 23.2 Å². The molecule has 0 radical (unpaired) electrons. The molecular weight excluding hydrogens is 396 g/mol. The number of carbonyl (C=O) groups is 1. The summed E-state index contributed by atoms with van der Waals surface area (Å²) in [4.78, 5) is 15.4. The van der Waals surface area contributed by atoms with Crippen molar-refractivity contribution in [2.45, 2.75) is 65.3 Å². The number of carbonyl (C=O) groups excluding carboxylic acids is 1. The average molecular weight is 430 g/mol. The predicted octanol–water partition coefficient (Wildman–Crippen LogP) is 6.54. The number of likely N-dealkylation sites (tertiary alicyclic amines) is 1. The molecule has 2 aliphatic heterocycles. The topological polar surface area (TPSA) is 45.0 Å². The van der Waals surface area contributed by atoms with Crippen LogP contribution >= 0.6 is 0 Å². The Labute approximate surface area is 184 Å². The molecule has 168 valence electrons. The van der Waals surface area contributed by atoms with Crippen LogP contribution < -0.4 is 0 Å². The van der Waals surface area contributed by atoms with E-state index in [1.165, 1.54) is 24.6 Å². The van der Waals surface area contributed by atoms with E-state index in [1.807, 2.05) is 4.90 Å². The van der Waals surface area contributed by atoms with Crippen molar-refractivity contribution in [1.29, 1.82) is 0 Å². The number of fused-ring (bicyclic) bond motifs is 2. The number of azo groups is 1. The molecule has 1 unspecified atom stereocenters. The van der Waals surface area contributed by atoms with Crippen molar-refractivity contribution in [1.82, 2.24) is 4.90 Å². The highest BCUT2D eigenvalue weighted by atomic mass is 19.1. The molecule has 0 aromatic heterocycles. The molecule has 2 fully saturated rings. The molecular formula is C25H33F2N3O. The lowest BCUT2D eigenvalue weighted by Gasteiger charge is -2.33. The maximum absolute atomic E-state index is 14.3.